The summed E-state index contributed by atoms with van der Waals surface area (Å²) in [5.41, 5.74) is 0.597. The van der Waals surface area contributed by atoms with Gasteiger partial charge in [-0.25, -0.2) is 13.4 Å². The first-order valence-electron chi connectivity index (χ1n) is 6.85. The summed E-state index contributed by atoms with van der Waals surface area (Å²) in [5.74, 6) is -1.15. The number of anilines is 1. The number of nitrogens with one attached hydrogen (secondary N) is 1. The van der Waals surface area contributed by atoms with E-state index in [1.54, 1.807) is 36.4 Å². The maximum absolute atomic E-state index is 12.2. The fourth-order valence-electron chi connectivity index (χ4n) is 2.29. The van der Waals surface area contributed by atoms with Crippen molar-refractivity contribution in [3.8, 4) is 0 Å². The lowest BCUT2D eigenvalue weighted by molar-refractivity contribution is 0.0664. The quantitative estimate of drug-likeness (QED) is 0.828. The van der Waals surface area contributed by atoms with Crippen LogP contribution >= 0.6 is 0 Å². The molecule has 2 heterocycles. The average Bonchev–Trinajstić information content (AvgIpc) is 2.78. The normalized spacial score (nSPS) is 14.0. The van der Waals surface area contributed by atoms with Gasteiger partial charge in [0.1, 0.15) is 5.82 Å². The molecule has 0 unspecified atom stereocenters. The van der Waals surface area contributed by atoms with E-state index in [1.165, 1.54) is 12.3 Å². The number of fused-ring (bicyclic) bond motifs is 1. The Morgan fingerprint density at radius 3 is 2.13 bits per heavy atom. The molecule has 3 rings (SSSR count). The molecule has 1 aliphatic heterocycles. The van der Waals surface area contributed by atoms with Gasteiger partial charge in [0, 0.05) is 12.7 Å². The minimum atomic E-state index is -3.71. The van der Waals surface area contributed by atoms with Crippen LogP contribution in [0.4, 0.5) is 5.82 Å². The van der Waals surface area contributed by atoms with E-state index in [0.717, 1.165) is 4.90 Å². The summed E-state index contributed by atoms with van der Waals surface area (Å²) in [6.07, 6.45) is 1.46. The highest BCUT2D eigenvalue weighted by atomic mass is 32.2. The number of hydrogen-bond donors (Lipinski definition) is 1. The number of carbonyl (C=O) groups excluding carboxylic acids is 2. The zero-order chi connectivity index (χ0) is 16.4. The summed E-state index contributed by atoms with van der Waals surface area (Å²) in [4.78, 5) is 29.1. The number of nitrogens with zero attached hydrogens (tertiary/aromatic N) is 2. The van der Waals surface area contributed by atoms with Gasteiger partial charge in [-0.15, -0.1) is 0 Å². The van der Waals surface area contributed by atoms with Crippen LogP contribution in [0.1, 0.15) is 20.7 Å². The number of rotatable bonds is 5. The van der Waals surface area contributed by atoms with Crippen LogP contribution in [-0.4, -0.2) is 42.4 Å². The van der Waals surface area contributed by atoms with Crippen LogP contribution in [0.3, 0.4) is 0 Å². The maximum Gasteiger partial charge on any atom is 0.261 e. The number of carbonyl (C=O) groups is 2. The number of aromatic nitrogens is 1. The van der Waals surface area contributed by atoms with Crippen molar-refractivity contribution in [3.63, 3.8) is 0 Å². The van der Waals surface area contributed by atoms with E-state index in [0.29, 0.717) is 11.1 Å². The monoisotopic (exact) mass is 331 g/mol. The van der Waals surface area contributed by atoms with Crippen LogP contribution in [0.5, 0.6) is 0 Å². The van der Waals surface area contributed by atoms with Crippen LogP contribution in [0.2, 0.25) is 0 Å². The van der Waals surface area contributed by atoms with Gasteiger partial charge in [-0.3, -0.25) is 19.2 Å². The summed E-state index contributed by atoms with van der Waals surface area (Å²) >= 11 is 0. The molecule has 0 saturated heterocycles. The first kappa shape index (κ1) is 15.2. The number of hydrogen-bond acceptors (Lipinski definition) is 5. The Bertz CT molecular complexity index is 830. The van der Waals surface area contributed by atoms with E-state index in [4.69, 9.17) is 0 Å². The number of pyridine rings is 1. The second kappa shape index (κ2) is 5.81. The third-order valence-corrected chi connectivity index (χ3v) is 4.63. The summed E-state index contributed by atoms with van der Waals surface area (Å²) in [5, 5.41) is 0. The molecule has 2 amide bonds. The molecule has 0 aliphatic carbocycles. The van der Waals surface area contributed by atoms with Crippen molar-refractivity contribution in [2.45, 2.75) is 0 Å². The molecule has 0 bridgehead atoms. The van der Waals surface area contributed by atoms with E-state index < -0.39 is 27.6 Å². The molecule has 2 aromatic rings. The molecular formula is C15H13N3O4S. The minimum absolute atomic E-state index is 0.190. The van der Waals surface area contributed by atoms with Crippen molar-refractivity contribution < 1.29 is 18.0 Å². The topological polar surface area (TPSA) is 96.4 Å². The fraction of sp³-hybridized carbons (Fsp3) is 0.133. The Kier molecular flexibility index (Phi) is 3.83. The average molecular weight is 331 g/mol. The third kappa shape index (κ3) is 3.07. The van der Waals surface area contributed by atoms with Crippen molar-refractivity contribution in [2.75, 3.05) is 17.0 Å². The standard InChI is InChI=1S/C15H13N3O4S/c19-14-11-5-1-2-6-12(11)15(20)18(14)9-10-23(21,22)17-13-7-3-4-8-16-13/h1-8H,9-10H2,(H,16,17). The molecule has 1 aliphatic rings. The minimum Gasteiger partial charge on any atom is -0.273 e. The lowest BCUT2D eigenvalue weighted by Gasteiger charge is -2.14. The highest BCUT2D eigenvalue weighted by Crippen LogP contribution is 2.22. The number of benzene rings is 1. The Balaban J connectivity index is 1.69. The Morgan fingerprint density at radius 1 is 0.957 bits per heavy atom. The Hall–Kier alpha value is -2.74. The van der Waals surface area contributed by atoms with Gasteiger partial charge in [-0.05, 0) is 24.3 Å². The molecule has 0 saturated carbocycles. The van der Waals surface area contributed by atoms with Crippen molar-refractivity contribution >= 4 is 27.7 Å². The van der Waals surface area contributed by atoms with E-state index in [1.807, 2.05) is 0 Å². The lowest BCUT2D eigenvalue weighted by atomic mass is 10.1. The van der Waals surface area contributed by atoms with E-state index >= 15 is 0 Å². The molecule has 23 heavy (non-hydrogen) atoms. The highest BCUT2D eigenvalue weighted by molar-refractivity contribution is 7.92. The molecule has 8 heteroatoms. The maximum atomic E-state index is 12.2. The molecular weight excluding hydrogens is 318 g/mol. The van der Waals surface area contributed by atoms with Gasteiger partial charge in [-0.2, -0.15) is 0 Å². The van der Waals surface area contributed by atoms with Crippen LogP contribution in [0.15, 0.2) is 48.7 Å². The lowest BCUT2D eigenvalue weighted by Crippen LogP contribution is -2.35. The zero-order valence-electron chi connectivity index (χ0n) is 12.0. The molecule has 0 atom stereocenters. The summed E-state index contributed by atoms with van der Waals surface area (Å²) < 4.78 is 26.4. The summed E-state index contributed by atoms with van der Waals surface area (Å²) in [6.45, 7) is -0.214. The molecule has 1 aromatic heterocycles. The van der Waals surface area contributed by atoms with Crippen LogP contribution < -0.4 is 4.72 Å². The Morgan fingerprint density at radius 2 is 1.57 bits per heavy atom. The number of imide groups is 1. The SMILES string of the molecule is O=C1c2ccccc2C(=O)N1CCS(=O)(=O)Nc1ccccn1. The van der Waals surface area contributed by atoms with E-state index in [-0.39, 0.29) is 12.4 Å². The van der Waals surface area contributed by atoms with Gasteiger partial charge in [-0.1, -0.05) is 18.2 Å². The Labute approximate surface area is 133 Å². The van der Waals surface area contributed by atoms with Crippen LogP contribution in [-0.2, 0) is 10.0 Å². The van der Waals surface area contributed by atoms with Gasteiger partial charge in [0.25, 0.3) is 11.8 Å². The van der Waals surface area contributed by atoms with Crippen molar-refractivity contribution in [1.29, 1.82) is 0 Å². The van der Waals surface area contributed by atoms with Gasteiger partial charge >= 0.3 is 0 Å². The zero-order valence-corrected chi connectivity index (χ0v) is 12.8. The number of sulfonamides is 1. The number of amides is 2. The van der Waals surface area contributed by atoms with Crippen molar-refractivity contribution in [1.82, 2.24) is 9.88 Å². The van der Waals surface area contributed by atoms with Gasteiger partial charge in [0.15, 0.2) is 0 Å². The predicted molar refractivity (Wildman–Crippen MR) is 83.5 cm³/mol. The van der Waals surface area contributed by atoms with E-state index in [9.17, 15) is 18.0 Å². The first-order valence-corrected chi connectivity index (χ1v) is 8.50. The first-order chi connectivity index (χ1) is 11.0. The van der Waals surface area contributed by atoms with Crippen molar-refractivity contribution in [2.24, 2.45) is 0 Å². The van der Waals surface area contributed by atoms with Gasteiger partial charge in [0.05, 0.1) is 16.9 Å². The molecule has 0 spiro atoms. The smallest absolute Gasteiger partial charge is 0.261 e. The second-order valence-corrected chi connectivity index (χ2v) is 6.79. The molecule has 0 radical (unpaired) electrons. The summed E-state index contributed by atoms with van der Waals surface area (Å²) in [7, 11) is -3.71. The summed E-state index contributed by atoms with van der Waals surface area (Å²) in [6, 6.07) is 11.2. The molecule has 1 N–H and O–H groups in total. The van der Waals surface area contributed by atoms with Crippen molar-refractivity contribution in [3.05, 3.63) is 59.8 Å². The van der Waals surface area contributed by atoms with Gasteiger partial charge in [0.2, 0.25) is 10.0 Å². The second-order valence-electron chi connectivity index (χ2n) is 4.94. The molecule has 7 nitrogen and oxygen atoms in total. The molecule has 1 aromatic carbocycles. The molecule has 0 fully saturated rings. The predicted octanol–water partition coefficient (Wildman–Crippen LogP) is 1.12. The highest BCUT2D eigenvalue weighted by Gasteiger charge is 2.35. The van der Waals surface area contributed by atoms with E-state index in [2.05, 4.69) is 9.71 Å². The van der Waals surface area contributed by atoms with Gasteiger partial charge < -0.3 is 0 Å². The molecule has 118 valence electrons. The fourth-order valence-corrected chi connectivity index (χ4v) is 3.25. The van der Waals surface area contributed by atoms with Crippen LogP contribution in [0, 0.1) is 0 Å². The largest absolute Gasteiger partial charge is 0.273 e. The van der Waals surface area contributed by atoms with Crippen LogP contribution in [0.25, 0.3) is 0 Å². The third-order valence-electron chi connectivity index (χ3n) is 3.39.